The zero-order valence-electron chi connectivity index (χ0n) is 7.75. The smallest absolute Gasteiger partial charge is 0.197 e. The number of hydrogen-bond acceptors (Lipinski definition) is 1. The lowest BCUT2D eigenvalue weighted by Crippen LogP contribution is -2.07. The number of hydrogen-bond donors (Lipinski definition) is 0. The largest absolute Gasteiger partial charge is 0.347 e. The van der Waals surface area contributed by atoms with Crippen molar-refractivity contribution in [2.45, 2.75) is 13.5 Å². The second-order valence-corrected chi connectivity index (χ2v) is 3.05. The maximum Gasteiger partial charge on any atom is 0.197 e. The molecule has 1 aromatic carbocycles. The van der Waals surface area contributed by atoms with Gasteiger partial charge in [-0.1, -0.05) is 0 Å². The predicted octanol–water partition coefficient (Wildman–Crippen LogP) is 1.96. The number of fused-ring (bicyclic) bond motifs is 1. The number of aryl methyl sites for hydroxylation is 1. The van der Waals surface area contributed by atoms with Crippen molar-refractivity contribution in [1.82, 2.24) is 4.57 Å². The van der Waals surface area contributed by atoms with Crippen LogP contribution in [0.15, 0.2) is 29.2 Å². The first kappa shape index (κ1) is 8.94. The monoisotopic (exact) mass is 190 g/mol. The highest BCUT2D eigenvalue weighted by atomic mass is 19.1. The van der Waals surface area contributed by atoms with E-state index in [0.29, 0.717) is 5.39 Å². The average Bonchev–Trinajstić information content (AvgIpc) is 2.19. The minimum Gasteiger partial charge on any atom is -0.347 e. The van der Waals surface area contributed by atoms with Crippen molar-refractivity contribution < 1.29 is 4.39 Å². The first-order valence-electron chi connectivity index (χ1n) is 4.42. The number of aromatic nitrogens is 1. The van der Waals surface area contributed by atoms with E-state index in [-0.39, 0.29) is 5.43 Å². The van der Waals surface area contributed by atoms with Crippen LogP contribution >= 0.6 is 0 Å². The summed E-state index contributed by atoms with van der Waals surface area (Å²) in [6, 6.07) is 6.78. The quantitative estimate of drug-likeness (QED) is 0.673. The van der Waals surface area contributed by atoms with Gasteiger partial charge in [-0.3, -0.25) is 4.79 Å². The minimum absolute atomic E-state index is 0.260. The third-order valence-corrected chi connectivity index (χ3v) is 2.20. The molecule has 3 heteroatoms. The van der Waals surface area contributed by atoms with E-state index in [2.05, 4.69) is 6.07 Å². The molecule has 0 aliphatic rings. The standard InChI is InChI=1S/C11H9FNO/c1-2-13-6-5-11(14)9-7-8(12)3-4-10(9)13/h3-4,6-7H,2H2,1H3. The van der Waals surface area contributed by atoms with Crippen molar-refractivity contribution in [1.29, 1.82) is 0 Å². The Balaban J connectivity index is 2.91. The summed E-state index contributed by atoms with van der Waals surface area (Å²) in [5.41, 5.74) is 0.488. The molecule has 0 unspecified atom stereocenters. The van der Waals surface area contributed by atoms with Crippen molar-refractivity contribution >= 4 is 10.9 Å². The number of rotatable bonds is 1. The predicted molar refractivity (Wildman–Crippen MR) is 52.7 cm³/mol. The van der Waals surface area contributed by atoms with Gasteiger partial charge in [0.1, 0.15) is 5.82 Å². The zero-order chi connectivity index (χ0) is 10.1. The molecule has 0 amide bonds. The highest BCUT2D eigenvalue weighted by Gasteiger charge is 2.02. The number of pyridine rings is 1. The maximum atomic E-state index is 12.9. The SMILES string of the molecule is CCn1c[c]c(=O)c2cc(F)ccc21. The van der Waals surface area contributed by atoms with Crippen LogP contribution in [-0.2, 0) is 6.54 Å². The van der Waals surface area contributed by atoms with Gasteiger partial charge in [0, 0.05) is 18.1 Å². The Morgan fingerprint density at radius 2 is 2.29 bits per heavy atom. The molecule has 0 spiro atoms. The molecule has 0 N–H and O–H groups in total. The summed E-state index contributed by atoms with van der Waals surface area (Å²) in [5, 5.41) is 0.384. The van der Waals surface area contributed by atoms with Crippen LogP contribution in [0.2, 0.25) is 0 Å². The molecule has 0 fully saturated rings. The molecule has 0 atom stereocenters. The van der Waals surface area contributed by atoms with Gasteiger partial charge < -0.3 is 4.57 Å². The van der Waals surface area contributed by atoms with Crippen LogP contribution in [0.1, 0.15) is 6.92 Å². The first-order chi connectivity index (χ1) is 6.72. The van der Waals surface area contributed by atoms with E-state index >= 15 is 0 Å². The van der Waals surface area contributed by atoms with Gasteiger partial charge in [-0.25, -0.2) is 4.39 Å². The summed E-state index contributed by atoms with van der Waals surface area (Å²) in [4.78, 5) is 11.4. The summed E-state index contributed by atoms with van der Waals surface area (Å²) in [6.07, 6.45) is 1.60. The number of halogens is 1. The summed E-state index contributed by atoms with van der Waals surface area (Å²) >= 11 is 0. The second kappa shape index (κ2) is 3.25. The first-order valence-corrected chi connectivity index (χ1v) is 4.42. The average molecular weight is 190 g/mol. The minimum atomic E-state index is -0.392. The molecule has 0 aliphatic carbocycles. The van der Waals surface area contributed by atoms with Crippen LogP contribution in [0.3, 0.4) is 0 Å². The topological polar surface area (TPSA) is 22.0 Å². The van der Waals surface area contributed by atoms with Gasteiger partial charge in [-0.05, 0) is 25.1 Å². The zero-order valence-corrected chi connectivity index (χ0v) is 7.75. The van der Waals surface area contributed by atoms with Gasteiger partial charge in [-0.2, -0.15) is 0 Å². The normalized spacial score (nSPS) is 10.7. The van der Waals surface area contributed by atoms with Crippen LogP contribution in [-0.4, -0.2) is 4.57 Å². The maximum absolute atomic E-state index is 12.9. The van der Waals surface area contributed by atoms with Crippen LogP contribution in [0.25, 0.3) is 10.9 Å². The lowest BCUT2D eigenvalue weighted by Gasteiger charge is -2.06. The molecule has 14 heavy (non-hydrogen) atoms. The molecule has 0 saturated carbocycles. The molecule has 2 rings (SSSR count). The van der Waals surface area contributed by atoms with Crippen molar-refractivity contribution in [3.63, 3.8) is 0 Å². The van der Waals surface area contributed by atoms with E-state index < -0.39 is 5.82 Å². The van der Waals surface area contributed by atoms with Gasteiger partial charge in [-0.15, -0.1) is 0 Å². The Morgan fingerprint density at radius 1 is 1.50 bits per heavy atom. The lowest BCUT2D eigenvalue weighted by molar-refractivity contribution is 0.629. The summed E-state index contributed by atoms with van der Waals surface area (Å²) in [7, 11) is 0. The van der Waals surface area contributed by atoms with Crippen molar-refractivity contribution in [3.8, 4) is 0 Å². The van der Waals surface area contributed by atoms with Gasteiger partial charge in [0.2, 0.25) is 0 Å². The Hall–Kier alpha value is -1.64. The van der Waals surface area contributed by atoms with Crippen molar-refractivity contribution in [2.24, 2.45) is 0 Å². The molecular formula is C11H9FNO. The molecule has 2 aromatic rings. The molecule has 1 radical (unpaired) electrons. The van der Waals surface area contributed by atoms with Crippen LogP contribution < -0.4 is 5.43 Å². The van der Waals surface area contributed by atoms with Gasteiger partial charge in [0.25, 0.3) is 0 Å². The second-order valence-electron chi connectivity index (χ2n) is 3.05. The third-order valence-electron chi connectivity index (χ3n) is 2.20. The molecule has 0 bridgehead atoms. The van der Waals surface area contributed by atoms with Crippen LogP contribution in [0.4, 0.5) is 4.39 Å². The fourth-order valence-corrected chi connectivity index (χ4v) is 1.49. The molecule has 2 nitrogen and oxygen atoms in total. The van der Waals surface area contributed by atoms with Crippen molar-refractivity contribution in [3.05, 3.63) is 46.5 Å². The summed E-state index contributed by atoms with van der Waals surface area (Å²) in [6.45, 7) is 2.69. The Kier molecular flexibility index (Phi) is 2.08. The van der Waals surface area contributed by atoms with Crippen LogP contribution in [0.5, 0.6) is 0 Å². The molecule has 71 valence electrons. The molecule has 1 aromatic heterocycles. The summed E-state index contributed by atoms with van der Waals surface area (Å²) < 4.78 is 14.7. The fraction of sp³-hybridized carbons (Fsp3) is 0.182. The molecule has 1 heterocycles. The van der Waals surface area contributed by atoms with Crippen LogP contribution in [0, 0.1) is 11.9 Å². The Labute approximate surface area is 80.6 Å². The summed E-state index contributed by atoms with van der Waals surface area (Å²) in [5.74, 6) is -0.392. The number of benzene rings is 1. The molecule has 0 aliphatic heterocycles. The van der Waals surface area contributed by atoms with E-state index in [1.54, 1.807) is 12.3 Å². The van der Waals surface area contributed by atoms with E-state index in [9.17, 15) is 9.18 Å². The molecular weight excluding hydrogens is 181 g/mol. The van der Waals surface area contributed by atoms with Gasteiger partial charge >= 0.3 is 0 Å². The highest BCUT2D eigenvalue weighted by molar-refractivity contribution is 5.78. The third kappa shape index (κ3) is 1.31. The Morgan fingerprint density at radius 3 is 3.00 bits per heavy atom. The Bertz CT molecular complexity index is 530. The van der Waals surface area contributed by atoms with Crippen molar-refractivity contribution in [2.75, 3.05) is 0 Å². The highest BCUT2D eigenvalue weighted by Crippen LogP contribution is 2.11. The molecule has 0 saturated heterocycles. The number of nitrogens with zero attached hydrogens (tertiary/aromatic N) is 1. The van der Waals surface area contributed by atoms with E-state index in [1.165, 1.54) is 12.1 Å². The van der Waals surface area contributed by atoms with E-state index in [4.69, 9.17) is 0 Å². The van der Waals surface area contributed by atoms with E-state index in [0.717, 1.165) is 12.1 Å². The van der Waals surface area contributed by atoms with E-state index in [1.807, 2.05) is 11.5 Å². The lowest BCUT2D eigenvalue weighted by atomic mass is 10.2. The van der Waals surface area contributed by atoms with Gasteiger partial charge in [0.05, 0.1) is 11.6 Å². The van der Waals surface area contributed by atoms with Gasteiger partial charge in [0.15, 0.2) is 5.43 Å². The fourth-order valence-electron chi connectivity index (χ4n) is 1.49.